The zero-order chi connectivity index (χ0) is 14.8. The summed E-state index contributed by atoms with van der Waals surface area (Å²) in [7, 11) is 1.88. The fraction of sp³-hybridized carbons (Fsp3) is 0.750. The predicted octanol–water partition coefficient (Wildman–Crippen LogP) is 2.08. The summed E-state index contributed by atoms with van der Waals surface area (Å²) in [5.74, 6) is 1.70. The summed E-state index contributed by atoms with van der Waals surface area (Å²) in [5, 5.41) is 7.96. The lowest BCUT2D eigenvalue weighted by Crippen LogP contribution is -2.54. The molecule has 2 fully saturated rings. The van der Waals surface area contributed by atoms with E-state index in [1.807, 2.05) is 24.2 Å². The molecular formula is C16H26N4O. The molecule has 1 saturated heterocycles. The summed E-state index contributed by atoms with van der Waals surface area (Å²) in [6, 6.07) is 2.31. The molecule has 1 aliphatic heterocycles. The summed E-state index contributed by atoms with van der Waals surface area (Å²) in [5.41, 5.74) is 0. The van der Waals surface area contributed by atoms with Gasteiger partial charge >= 0.3 is 0 Å². The van der Waals surface area contributed by atoms with Gasteiger partial charge in [0.1, 0.15) is 0 Å². The van der Waals surface area contributed by atoms with Crippen molar-refractivity contribution in [3.8, 4) is 0 Å². The van der Waals surface area contributed by atoms with Crippen LogP contribution in [0.4, 0.5) is 5.82 Å². The Morgan fingerprint density at radius 2 is 2.05 bits per heavy atom. The molecule has 2 atom stereocenters. The molecule has 0 radical (unpaired) electrons. The molecule has 1 N–H and O–H groups in total. The van der Waals surface area contributed by atoms with Gasteiger partial charge in [0, 0.05) is 31.9 Å². The number of rotatable bonds is 4. The van der Waals surface area contributed by atoms with Crippen LogP contribution < -0.4 is 10.2 Å². The molecule has 21 heavy (non-hydrogen) atoms. The smallest absolute Gasteiger partial charge is 0.245 e. The highest BCUT2D eigenvalue weighted by molar-refractivity contribution is 5.97. The third-order valence-electron chi connectivity index (χ3n) is 4.99. The third-order valence-corrected chi connectivity index (χ3v) is 4.99. The SMILES string of the molecule is C[C@@H](N[C@H]1CCCN(c2ccn(C)n2)C1=O)C1CCCC1. The van der Waals surface area contributed by atoms with E-state index in [-0.39, 0.29) is 11.9 Å². The maximum absolute atomic E-state index is 12.7. The first-order chi connectivity index (χ1) is 10.1. The Morgan fingerprint density at radius 1 is 1.29 bits per heavy atom. The van der Waals surface area contributed by atoms with Crippen LogP contribution in [0.5, 0.6) is 0 Å². The van der Waals surface area contributed by atoms with Crippen molar-refractivity contribution < 1.29 is 4.79 Å². The minimum absolute atomic E-state index is 0.0450. The highest BCUT2D eigenvalue weighted by Crippen LogP contribution is 2.28. The number of nitrogens with one attached hydrogen (secondary N) is 1. The van der Waals surface area contributed by atoms with Crippen molar-refractivity contribution in [1.29, 1.82) is 0 Å². The lowest BCUT2D eigenvalue weighted by atomic mass is 9.96. The van der Waals surface area contributed by atoms with Crippen molar-refractivity contribution in [2.75, 3.05) is 11.4 Å². The molecule has 0 aromatic carbocycles. The topological polar surface area (TPSA) is 50.2 Å². The second-order valence-electron chi connectivity index (χ2n) is 6.53. The summed E-state index contributed by atoms with van der Waals surface area (Å²) in [6.07, 6.45) is 9.17. The maximum atomic E-state index is 12.7. The molecule has 5 heteroatoms. The van der Waals surface area contributed by atoms with Gasteiger partial charge in [-0.15, -0.1) is 0 Å². The summed E-state index contributed by atoms with van der Waals surface area (Å²) in [6.45, 7) is 3.02. The maximum Gasteiger partial charge on any atom is 0.245 e. The number of nitrogens with zero attached hydrogens (tertiary/aromatic N) is 3. The number of carbonyl (C=O) groups is 1. The fourth-order valence-corrected chi connectivity index (χ4v) is 3.71. The first kappa shape index (κ1) is 14.6. The second-order valence-corrected chi connectivity index (χ2v) is 6.53. The quantitative estimate of drug-likeness (QED) is 0.923. The molecule has 2 aliphatic rings. The van der Waals surface area contributed by atoms with E-state index >= 15 is 0 Å². The van der Waals surface area contributed by atoms with Gasteiger partial charge in [-0.25, -0.2) is 0 Å². The van der Waals surface area contributed by atoms with Crippen LogP contribution >= 0.6 is 0 Å². The number of piperidine rings is 1. The molecule has 3 rings (SSSR count). The van der Waals surface area contributed by atoms with Gasteiger partial charge in [0.25, 0.3) is 0 Å². The fourth-order valence-electron chi connectivity index (χ4n) is 3.71. The van der Waals surface area contributed by atoms with Gasteiger partial charge in [-0.05, 0) is 38.5 Å². The van der Waals surface area contributed by atoms with E-state index in [1.54, 1.807) is 4.68 Å². The minimum Gasteiger partial charge on any atom is -0.303 e. The van der Waals surface area contributed by atoms with Gasteiger partial charge in [-0.3, -0.25) is 14.4 Å². The molecule has 0 bridgehead atoms. The van der Waals surface area contributed by atoms with Crippen molar-refractivity contribution in [3.05, 3.63) is 12.3 Å². The van der Waals surface area contributed by atoms with E-state index in [2.05, 4.69) is 17.3 Å². The molecule has 0 unspecified atom stereocenters. The highest BCUT2D eigenvalue weighted by Gasteiger charge is 2.33. The van der Waals surface area contributed by atoms with Crippen LogP contribution in [0.15, 0.2) is 12.3 Å². The average molecular weight is 290 g/mol. The standard InChI is InChI=1S/C16H26N4O/c1-12(13-6-3-4-7-13)17-14-8-5-10-20(16(14)21)15-9-11-19(2)18-15/h9,11-14,17H,3-8,10H2,1-2H3/t12-,14+/m1/s1. The lowest BCUT2D eigenvalue weighted by molar-refractivity contribution is -0.122. The van der Waals surface area contributed by atoms with Gasteiger partial charge in [0.15, 0.2) is 5.82 Å². The Kier molecular flexibility index (Phi) is 4.29. The van der Waals surface area contributed by atoms with Gasteiger partial charge in [-0.2, -0.15) is 5.10 Å². The summed E-state index contributed by atoms with van der Waals surface area (Å²) in [4.78, 5) is 14.5. The van der Waals surface area contributed by atoms with Crippen molar-refractivity contribution in [3.63, 3.8) is 0 Å². The largest absolute Gasteiger partial charge is 0.303 e. The van der Waals surface area contributed by atoms with E-state index < -0.39 is 0 Å². The normalized spacial score (nSPS) is 25.5. The number of hydrogen-bond acceptors (Lipinski definition) is 3. The Bertz CT molecular complexity index is 492. The summed E-state index contributed by atoms with van der Waals surface area (Å²) >= 11 is 0. The molecule has 1 aromatic heterocycles. The number of hydrogen-bond donors (Lipinski definition) is 1. The molecule has 116 valence electrons. The average Bonchev–Trinajstić information content (AvgIpc) is 3.12. The van der Waals surface area contributed by atoms with Crippen LogP contribution in [0.25, 0.3) is 0 Å². The van der Waals surface area contributed by atoms with E-state index in [0.29, 0.717) is 6.04 Å². The molecule has 1 aliphatic carbocycles. The van der Waals surface area contributed by atoms with E-state index in [1.165, 1.54) is 25.7 Å². The molecule has 1 saturated carbocycles. The number of anilines is 1. The zero-order valence-electron chi connectivity index (χ0n) is 13.1. The van der Waals surface area contributed by atoms with Crippen LogP contribution in [0.1, 0.15) is 45.4 Å². The molecule has 0 spiro atoms. The number of carbonyl (C=O) groups excluding carboxylic acids is 1. The first-order valence-corrected chi connectivity index (χ1v) is 8.22. The summed E-state index contributed by atoms with van der Waals surface area (Å²) < 4.78 is 1.75. The van der Waals surface area contributed by atoms with Crippen molar-refractivity contribution in [1.82, 2.24) is 15.1 Å². The molecular weight excluding hydrogens is 264 g/mol. The molecule has 1 aromatic rings. The van der Waals surface area contributed by atoms with E-state index in [9.17, 15) is 4.79 Å². The number of aromatic nitrogens is 2. The third kappa shape index (κ3) is 3.12. The zero-order valence-corrected chi connectivity index (χ0v) is 13.1. The molecule has 5 nitrogen and oxygen atoms in total. The Morgan fingerprint density at radius 3 is 2.71 bits per heavy atom. The van der Waals surface area contributed by atoms with Gasteiger partial charge in [0.05, 0.1) is 6.04 Å². The van der Waals surface area contributed by atoms with Crippen molar-refractivity contribution in [2.24, 2.45) is 13.0 Å². The van der Waals surface area contributed by atoms with Crippen LogP contribution in [-0.4, -0.2) is 34.3 Å². The van der Waals surface area contributed by atoms with Crippen molar-refractivity contribution >= 4 is 11.7 Å². The Labute approximate surface area is 126 Å². The number of amides is 1. The van der Waals surface area contributed by atoms with Crippen LogP contribution in [-0.2, 0) is 11.8 Å². The van der Waals surface area contributed by atoms with Crippen LogP contribution in [0.3, 0.4) is 0 Å². The van der Waals surface area contributed by atoms with E-state index in [4.69, 9.17) is 0 Å². The molecule has 1 amide bonds. The lowest BCUT2D eigenvalue weighted by Gasteiger charge is -2.34. The predicted molar refractivity (Wildman–Crippen MR) is 83.1 cm³/mol. The Hall–Kier alpha value is -1.36. The van der Waals surface area contributed by atoms with Gasteiger partial charge < -0.3 is 5.32 Å². The Balaban J connectivity index is 1.64. The van der Waals surface area contributed by atoms with Crippen molar-refractivity contribution in [2.45, 2.75) is 57.5 Å². The highest BCUT2D eigenvalue weighted by atomic mass is 16.2. The van der Waals surface area contributed by atoms with Gasteiger partial charge in [0.2, 0.25) is 5.91 Å². The monoisotopic (exact) mass is 290 g/mol. The van der Waals surface area contributed by atoms with Crippen LogP contribution in [0, 0.1) is 5.92 Å². The number of aryl methyl sites for hydroxylation is 1. The van der Waals surface area contributed by atoms with Gasteiger partial charge in [-0.1, -0.05) is 12.8 Å². The van der Waals surface area contributed by atoms with E-state index in [0.717, 1.165) is 31.1 Å². The molecule has 2 heterocycles. The minimum atomic E-state index is -0.0450. The first-order valence-electron chi connectivity index (χ1n) is 8.22. The van der Waals surface area contributed by atoms with Crippen LogP contribution in [0.2, 0.25) is 0 Å². The second kappa shape index (κ2) is 6.18.